The standard InChI is InChI=1S/C6H14FO3P/c1-4-5-9-11(7,8)10-6(2)3/h6H,4-5H2,1-3H3. The minimum Gasteiger partial charge on any atom is -0.284 e. The molecule has 0 radical (unpaired) electrons. The lowest BCUT2D eigenvalue weighted by molar-refractivity contribution is 0.142. The monoisotopic (exact) mass is 184 g/mol. The van der Waals surface area contributed by atoms with Crippen LogP contribution in [-0.4, -0.2) is 12.7 Å². The summed E-state index contributed by atoms with van der Waals surface area (Å²) >= 11 is 0. The van der Waals surface area contributed by atoms with Gasteiger partial charge in [0, 0.05) is 0 Å². The summed E-state index contributed by atoms with van der Waals surface area (Å²) in [6.07, 6.45) is 0.206. The molecule has 0 saturated heterocycles. The van der Waals surface area contributed by atoms with E-state index in [0.717, 1.165) is 0 Å². The molecule has 0 aliphatic heterocycles. The zero-order chi connectivity index (χ0) is 8.91. The highest BCUT2D eigenvalue weighted by Crippen LogP contribution is 2.50. The second-order valence-electron chi connectivity index (χ2n) is 2.42. The van der Waals surface area contributed by atoms with Gasteiger partial charge in [-0.1, -0.05) is 6.92 Å². The Kier molecular flexibility index (Phi) is 4.89. The average molecular weight is 184 g/mol. The van der Waals surface area contributed by atoms with Crippen molar-refractivity contribution in [2.24, 2.45) is 0 Å². The summed E-state index contributed by atoms with van der Waals surface area (Å²) in [6, 6.07) is 0. The first-order chi connectivity index (χ1) is 4.98. The molecule has 0 heterocycles. The minimum atomic E-state index is -4.27. The van der Waals surface area contributed by atoms with Gasteiger partial charge in [0.2, 0.25) is 0 Å². The van der Waals surface area contributed by atoms with Gasteiger partial charge in [0.05, 0.1) is 12.7 Å². The topological polar surface area (TPSA) is 35.5 Å². The van der Waals surface area contributed by atoms with Crippen LogP contribution in [-0.2, 0) is 13.6 Å². The van der Waals surface area contributed by atoms with Crippen molar-refractivity contribution in [3.05, 3.63) is 0 Å². The van der Waals surface area contributed by atoms with Crippen molar-refractivity contribution < 1.29 is 17.8 Å². The summed E-state index contributed by atoms with van der Waals surface area (Å²) in [6.45, 7) is 5.12. The zero-order valence-electron chi connectivity index (χ0n) is 7.04. The maximum Gasteiger partial charge on any atom is 0.513 e. The molecule has 0 aromatic rings. The molecule has 11 heavy (non-hydrogen) atoms. The third-order valence-corrected chi connectivity index (χ3v) is 1.95. The summed E-state index contributed by atoms with van der Waals surface area (Å²) in [7, 11) is -4.27. The predicted octanol–water partition coefficient (Wildman–Crippen LogP) is 2.92. The SMILES string of the molecule is CCCOP(=O)(F)OC(C)C. The third-order valence-electron chi connectivity index (χ3n) is 0.786. The van der Waals surface area contributed by atoms with Crippen LogP contribution in [0.3, 0.4) is 0 Å². The van der Waals surface area contributed by atoms with Gasteiger partial charge in [-0.05, 0) is 20.3 Å². The van der Waals surface area contributed by atoms with E-state index in [2.05, 4.69) is 9.05 Å². The van der Waals surface area contributed by atoms with Crippen LogP contribution in [0, 0.1) is 0 Å². The van der Waals surface area contributed by atoms with Crippen LogP contribution in [0.2, 0.25) is 0 Å². The molecule has 0 N–H and O–H groups in total. The highest BCUT2D eigenvalue weighted by Gasteiger charge is 2.24. The summed E-state index contributed by atoms with van der Waals surface area (Å²) in [5, 5.41) is 0. The number of halogens is 1. The molecule has 5 heteroatoms. The maximum atomic E-state index is 12.6. The van der Waals surface area contributed by atoms with Crippen LogP contribution in [0.4, 0.5) is 4.20 Å². The average Bonchev–Trinajstić information content (AvgIpc) is 1.81. The number of rotatable bonds is 5. The van der Waals surface area contributed by atoms with Gasteiger partial charge in [-0.15, -0.1) is 4.20 Å². The fourth-order valence-corrected chi connectivity index (χ4v) is 1.45. The van der Waals surface area contributed by atoms with E-state index in [4.69, 9.17) is 0 Å². The Bertz CT molecular complexity index is 149. The molecule has 0 aliphatic carbocycles. The molecule has 1 atom stereocenters. The van der Waals surface area contributed by atoms with Crippen molar-refractivity contribution in [3.8, 4) is 0 Å². The summed E-state index contributed by atoms with van der Waals surface area (Å²) in [4.78, 5) is 0. The molecule has 1 unspecified atom stereocenters. The van der Waals surface area contributed by atoms with Crippen molar-refractivity contribution in [2.75, 3.05) is 6.61 Å². The Labute approximate surface area is 66.5 Å². The lowest BCUT2D eigenvalue weighted by Gasteiger charge is -2.11. The lowest BCUT2D eigenvalue weighted by atomic mass is 10.5. The molecule has 0 aliphatic rings. The first-order valence-electron chi connectivity index (χ1n) is 3.60. The van der Waals surface area contributed by atoms with Crippen molar-refractivity contribution in [3.63, 3.8) is 0 Å². The van der Waals surface area contributed by atoms with Gasteiger partial charge < -0.3 is 0 Å². The zero-order valence-corrected chi connectivity index (χ0v) is 7.94. The van der Waals surface area contributed by atoms with E-state index >= 15 is 0 Å². The highest BCUT2D eigenvalue weighted by atomic mass is 31.2. The van der Waals surface area contributed by atoms with Crippen molar-refractivity contribution in [2.45, 2.75) is 33.3 Å². The molecule has 0 aromatic heterocycles. The largest absolute Gasteiger partial charge is 0.513 e. The fourth-order valence-electron chi connectivity index (χ4n) is 0.483. The van der Waals surface area contributed by atoms with Crippen molar-refractivity contribution >= 4 is 7.91 Å². The van der Waals surface area contributed by atoms with Crippen LogP contribution in [0.5, 0.6) is 0 Å². The van der Waals surface area contributed by atoms with E-state index in [-0.39, 0.29) is 6.61 Å². The fraction of sp³-hybridized carbons (Fsp3) is 1.00. The normalized spacial score (nSPS) is 16.8. The summed E-state index contributed by atoms with van der Waals surface area (Å²) in [5.41, 5.74) is 0. The Morgan fingerprint density at radius 3 is 2.45 bits per heavy atom. The Hall–Kier alpha value is 0.0800. The first-order valence-corrected chi connectivity index (χ1v) is 5.04. The molecular formula is C6H14FO3P. The molecule has 0 aromatic carbocycles. The maximum absolute atomic E-state index is 12.6. The van der Waals surface area contributed by atoms with E-state index in [0.29, 0.717) is 6.42 Å². The van der Waals surface area contributed by atoms with Crippen LogP contribution in [0.25, 0.3) is 0 Å². The Morgan fingerprint density at radius 1 is 1.55 bits per heavy atom. The van der Waals surface area contributed by atoms with Crippen molar-refractivity contribution in [1.82, 2.24) is 0 Å². The van der Waals surface area contributed by atoms with Crippen LogP contribution in [0.1, 0.15) is 27.2 Å². The molecule has 0 bridgehead atoms. The second-order valence-corrected chi connectivity index (χ2v) is 3.75. The number of hydrogen-bond donors (Lipinski definition) is 0. The van der Waals surface area contributed by atoms with E-state index < -0.39 is 14.0 Å². The Balaban J connectivity index is 3.71. The van der Waals surface area contributed by atoms with E-state index in [1.54, 1.807) is 20.8 Å². The van der Waals surface area contributed by atoms with E-state index in [1.807, 2.05) is 0 Å². The molecule has 0 amide bonds. The summed E-state index contributed by atoms with van der Waals surface area (Å²) < 4.78 is 32.1. The van der Waals surface area contributed by atoms with E-state index in [1.165, 1.54) is 0 Å². The minimum absolute atomic E-state index is 0.125. The van der Waals surface area contributed by atoms with Gasteiger partial charge in [-0.2, -0.15) is 0 Å². The van der Waals surface area contributed by atoms with Gasteiger partial charge in [0.25, 0.3) is 0 Å². The highest BCUT2D eigenvalue weighted by molar-refractivity contribution is 7.48. The molecule has 68 valence electrons. The van der Waals surface area contributed by atoms with Gasteiger partial charge in [0.1, 0.15) is 0 Å². The van der Waals surface area contributed by atoms with Crippen LogP contribution in [0.15, 0.2) is 0 Å². The lowest BCUT2D eigenvalue weighted by Crippen LogP contribution is -2.00. The Morgan fingerprint density at radius 2 is 2.09 bits per heavy atom. The van der Waals surface area contributed by atoms with Crippen LogP contribution < -0.4 is 0 Å². The molecule has 3 nitrogen and oxygen atoms in total. The first kappa shape index (κ1) is 11.1. The predicted molar refractivity (Wildman–Crippen MR) is 41.2 cm³/mol. The summed E-state index contributed by atoms with van der Waals surface area (Å²) in [5.74, 6) is 0. The van der Waals surface area contributed by atoms with Crippen LogP contribution >= 0.6 is 7.91 Å². The van der Waals surface area contributed by atoms with Gasteiger partial charge in [-0.3, -0.25) is 9.05 Å². The quantitative estimate of drug-likeness (QED) is 0.616. The van der Waals surface area contributed by atoms with Gasteiger partial charge in [-0.25, -0.2) is 4.57 Å². The van der Waals surface area contributed by atoms with Crippen molar-refractivity contribution in [1.29, 1.82) is 0 Å². The second kappa shape index (κ2) is 4.86. The molecule has 0 fully saturated rings. The van der Waals surface area contributed by atoms with E-state index in [9.17, 15) is 8.76 Å². The molecule has 0 saturated carbocycles. The third kappa shape index (κ3) is 6.48. The smallest absolute Gasteiger partial charge is 0.284 e. The molecular weight excluding hydrogens is 170 g/mol. The molecule has 0 rings (SSSR count). The van der Waals surface area contributed by atoms with Gasteiger partial charge in [0.15, 0.2) is 0 Å². The molecule has 0 spiro atoms. The number of hydrogen-bond acceptors (Lipinski definition) is 3. The van der Waals surface area contributed by atoms with Gasteiger partial charge >= 0.3 is 7.91 Å².